The van der Waals surface area contributed by atoms with Gasteiger partial charge in [-0.3, -0.25) is 0 Å². The molecule has 0 radical (unpaired) electrons. The largest absolute Gasteiger partial charge is 0.489 e. The fraction of sp³-hybridized carbons (Fsp3) is 0.0857. The summed E-state index contributed by atoms with van der Waals surface area (Å²) in [6.07, 6.45) is 1.56. The lowest BCUT2D eigenvalue weighted by Gasteiger charge is -2.27. The summed E-state index contributed by atoms with van der Waals surface area (Å²) in [6, 6.07) is 30.5. The van der Waals surface area contributed by atoms with Gasteiger partial charge >= 0.3 is 5.63 Å². The van der Waals surface area contributed by atoms with Gasteiger partial charge in [0.25, 0.3) is 0 Å². The van der Waals surface area contributed by atoms with Gasteiger partial charge in [0.2, 0.25) is 12.7 Å². The average Bonchev–Trinajstić information content (AvgIpc) is 3.74. The topological polar surface area (TPSA) is 110 Å². The first-order valence-corrected chi connectivity index (χ1v) is 14.4. The SMILES string of the molecule is O=c1oc2ccccc2c2c1C(c1ccc(OCc3ccccc3)cc1)c1c(ncn3nc(-c4ccc5c(c4)OCO5)nc13)O2. The highest BCUT2D eigenvalue weighted by molar-refractivity contribution is 5.87. The van der Waals surface area contributed by atoms with E-state index >= 15 is 0 Å². The maximum Gasteiger partial charge on any atom is 0.344 e. The molecule has 45 heavy (non-hydrogen) atoms. The summed E-state index contributed by atoms with van der Waals surface area (Å²) in [7, 11) is 0. The van der Waals surface area contributed by atoms with Crippen molar-refractivity contribution in [3.63, 3.8) is 0 Å². The Bertz CT molecular complexity index is 2310. The molecule has 2 aliphatic rings. The second-order valence-electron chi connectivity index (χ2n) is 10.7. The normalized spacial score (nSPS) is 14.6. The van der Waals surface area contributed by atoms with E-state index in [1.807, 2.05) is 91.0 Å². The van der Waals surface area contributed by atoms with Gasteiger partial charge < -0.3 is 23.4 Å². The van der Waals surface area contributed by atoms with E-state index in [9.17, 15) is 4.79 Å². The number of para-hydroxylation sites is 1. The van der Waals surface area contributed by atoms with Crippen molar-refractivity contribution in [2.75, 3.05) is 6.79 Å². The quantitative estimate of drug-likeness (QED) is 0.207. The molecule has 5 heterocycles. The molecule has 4 aromatic carbocycles. The highest BCUT2D eigenvalue weighted by atomic mass is 16.7. The van der Waals surface area contributed by atoms with E-state index < -0.39 is 11.5 Å². The van der Waals surface area contributed by atoms with Crippen LogP contribution in [-0.2, 0) is 6.61 Å². The van der Waals surface area contributed by atoms with Crippen LogP contribution in [0.4, 0.5) is 0 Å². The van der Waals surface area contributed by atoms with E-state index in [0.717, 1.165) is 16.7 Å². The number of ether oxygens (including phenoxy) is 4. The van der Waals surface area contributed by atoms with Crippen molar-refractivity contribution in [2.24, 2.45) is 0 Å². The molecule has 7 aromatic rings. The molecule has 0 amide bonds. The van der Waals surface area contributed by atoms with E-state index in [1.54, 1.807) is 16.9 Å². The second kappa shape index (κ2) is 9.95. The van der Waals surface area contributed by atoms with Gasteiger partial charge in [0.15, 0.2) is 28.7 Å². The molecule has 1 atom stereocenters. The Morgan fingerprint density at radius 2 is 1.69 bits per heavy atom. The van der Waals surface area contributed by atoms with Gasteiger partial charge in [-0.05, 0) is 53.6 Å². The highest BCUT2D eigenvalue weighted by Crippen LogP contribution is 2.49. The Labute approximate surface area is 255 Å². The van der Waals surface area contributed by atoms with Gasteiger partial charge in [-0.2, -0.15) is 0 Å². The number of nitrogens with zero attached hydrogens (tertiary/aromatic N) is 4. The van der Waals surface area contributed by atoms with Crippen LogP contribution in [0.2, 0.25) is 0 Å². The van der Waals surface area contributed by atoms with Crippen LogP contribution in [-0.4, -0.2) is 26.4 Å². The lowest BCUT2D eigenvalue weighted by atomic mass is 9.84. The minimum absolute atomic E-state index is 0.167. The van der Waals surface area contributed by atoms with Crippen molar-refractivity contribution in [2.45, 2.75) is 12.5 Å². The van der Waals surface area contributed by atoms with Crippen molar-refractivity contribution >= 4 is 16.6 Å². The van der Waals surface area contributed by atoms with Crippen LogP contribution in [0.15, 0.2) is 113 Å². The third-order valence-electron chi connectivity index (χ3n) is 8.05. The van der Waals surface area contributed by atoms with Crippen LogP contribution in [0.3, 0.4) is 0 Å². The maximum absolute atomic E-state index is 13.7. The molecule has 0 aliphatic carbocycles. The van der Waals surface area contributed by atoms with E-state index in [1.165, 1.54) is 0 Å². The summed E-state index contributed by atoms with van der Waals surface area (Å²) in [4.78, 5) is 23.3. The van der Waals surface area contributed by atoms with Crippen molar-refractivity contribution in [3.05, 3.63) is 136 Å². The Morgan fingerprint density at radius 1 is 0.867 bits per heavy atom. The van der Waals surface area contributed by atoms with Crippen molar-refractivity contribution in [3.8, 4) is 40.3 Å². The van der Waals surface area contributed by atoms with Crippen LogP contribution >= 0.6 is 0 Å². The molecule has 0 saturated carbocycles. The average molecular weight is 595 g/mol. The summed E-state index contributed by atoms with van der Waals surface area (Å²) >= 11 is 0. The molecule has 0 N–H and O–H groups in total. The molecule has 2 aliphatic heterocycles. The summed E-state index contributed by atoms with van der Waals surface area (Å²) in [5.74, 6) is 2.59. The Balaban J connectivity index is 1.20. The lowest BCUT2D eigenvalue weighted by Crippen LogP contribution is -2.22. The molecular formula is C35H22N4O6. The number of rotatable bonds is 5. The van der Waals surface area contributed by atoms with Crippen LogP contribution in [0, 0.1) is 0 Å². The molecule has 0 saturated heterocycles. The first-order chi connectivity index (χ1) is 22.2. The third kappa shape index (κ3) is 4.18. The summed E-state index contributed by atoms with van der Waals surface area (Å²) in [6.45, 7) is 0.603. The van der Waals surface area contributed by atoms with Crippen molar-refractivity contribution < 1.29 is 23.4 Å². The van der Waals surface area contributed by atoms with E-state index in [2.05, 4.69) is 4.98 Å². The fourth-order valence-corrected chi connectivity index (χ4v) is 5.92. The first-order valence-electron chi connectivity index (χ1n) is 14.4. The number of hydrogen-bond acceptors (Lipinski definition) is 9. The van der Waals surface area contributed by atoms with Gasteiger partial charge in [0.05, 0.1) is 22.4 Å². The van der Waals surface area contributed by atoms with Gasteiger partial charge in [0.1, 0.15) is 24.3 Å². The zero-order chi connectivity index (χ0) is 29.9. The first kappa shape index (κ1) is 25.3. The van der Waals surface area contributed by atoms with Crippen molar-refractivity contribution in [1.82, 2.24) is 19.6 Å². The second-order valence-corrected chi connectivity index (χ2v) is 10.7. The molecule has 218 valence electrons. The zero-order valence-electron chi connectivity index (χ0n) is 23.5. The smallest absolute Gasteiger partial charge is 0.344 e. The molecule has 10 nitrogen and oxygen atoms in total. The highest BCUT2D eigenvalue weighted by Gasteiger charge is 2.37. The fourth-order valence-electron chi connectivity index (χ4n) is 5.92. The van der Waals surface area contributed by atoms with Crippen LogP contribution < -0.4 is 24.6 Å². The standard InChI is InChI=1S/C35H22N4O6/c40-35-29-28(21-10-13-23(14-11-21)41-17-20-6-2-1-3-7-20)30-33-37-32(22-12-15-26-27(16-22)43-19-42-26)38-39(33)18-36-34(30)45-31(29)24-8-4-5-9-25(24)44-35/h1-16,18,28H,17,19H2. The number of benzene rings is 4. The number of aromatic nitrogens is 4. The van der Waals surface area contributed by atoms with Crippen LogP contribution in [0.25, 0.3) is 28.0 Å². The third-order valence-corrected chi connectivity index (χ3v) is 8.05. The van der Waals surface area contributed by atoms with E-state index in [-0.39, 0.29) is 6.79 Å². The summed E-state index contributed by atoms with van der Waals surface area (Å²) < 4.78 is 30.9. The molecule has 1 unspecified atom stereocenters. The predicted molar refractivity (Wildman–Crippen MR) is 163 cm³/mol. The summed E-state index contributed by atoms with van der Waals surface area (Å²) in [5.41, 5.74) is 4.03. The molecule has 9 rings (SSSR count). The van der Waals surface area contributed by atoms with Crippen LogP contribution in [0.1, 0.15) is 28.2 Å². The predicted octanol–water partition coefficient (Wildman–Crippen LogP) is 6.49. The molecule has 0 spiro atoms. The van der Waals surface area contributed by atoms with E-state index in [4.69, 9.17) is 33.4 Å². The Hall–Kier alpha value is -6.16. The molecule has 3 aromatic heterocycles. The monoisotopic (exact) mass is 594 g/mol. The minimum atomic E-state index is -0.613. The number of fused-ring (bicyclic) bond motifs is 7. The minimum Gasteiger partial charge on any atom is -0.489 e. The van der Waals surface area contributed by atoms with E-state index in [0.29, 0.717) is 69.1 Å². The molecule has 10 heteroatoms. The van der Waals surface area contributed by atoms with Gasteiger partial charge in [0, 0.05) is 5.56 Å². The Kier molecular flexibility index (Phi) is 5.61. The maximum atomic E-state index is 13.7. The molecular weight excluding hydrogens is 572 g/mol. The van der Waals surface area contributed by atoms with Crippen molar-refractivity contribution in [1.29, 1.82) is 0 Å². The van der Waals surface area contributed by atoms with Gasteiger partial charge in [-0.1, -0.05) is 54.6 Å². The number of hydrogen-bond donors (Lipinski definition) is 0. The zero-order valence-corrected chi connectivity index (χ0v) is 23.5. The molecule has 0 fully saturated rings. The summed E-state index contributed by atoms with van der Waals surface area (Å²) in [5, 5.41) is 5.39. The lowest BCUT2D eigenvalue weighted by molar-refractivity contribution is 0.174. The van der Waals surface area contributed by atoms with Gasteiger partial charge in [-0.25, -0.2) is 19.3 Å². The van der Waals surface area contributed by atoms with Crippen LogP contribution in [0.5, 0.6) is 28.9 Å². The molecule has 0 bridgehead atoms. The van der Waals surface area contributed by atoms with Gasteiger partial charge in [-0.15, -0.1) is 5.10 Å². The Morgan fingerprint density at radius 3 is 2.58 bits per heavy atom.